The molecule has 39 heavy (non-hydrogen) atoms. The van der Waals surface area contributed by atoms with E-state index in [2.05, 4.69) is 5.32 Å². The third kappa shape index (κ3) is 7.91. The van der Waals surface area contributed by atoms with E-state index in [1.807, 2.05) is 54.6 Å². The van der Waals surface area contributed by atoms with Crippen molar-refractivity contribution in [1.82, 2.24) is 10.2 Å². The molecule has 1 atom stereocenters. The second kappa shape index (κ2) is 13.6. The summed E-state index contributed by atoms with van der Waals surface area (Å²) < 4.78 is 18.8. The van der Waals surface area contributed by atoms with Gasteiger partial charge in [-0.2, -0.15) is 0 Å². The van der Waals surface area contributed by atoms with Crippen molar-refractivity contribution in [3.05, 3.63) is 136 Å². The van der Waals surface area contributed by atoms with Crippen LogP contribution in [0, 0.1) is 5.82 Å². The predicted molar refractivity (Wildman–Crippen MR) is 151 cm³/mol. The van der Waals surface area contributed by atoms with Crippen molar-refractivity contribution in [3.63, 3.8) is 0 Å². The Kier molecular flexibility index (Phi) is 9.70. The number of carbonyl (C=O) groups is 2. The zero-order chi connectivity index (χ0) is 27.6. The van der Waals surface area contributed by atoms with Crippen LogP contribution < -0.4 is 10.1 Å². The van der Waals surface area contributed by atoms with E-state index in [1.54, 1.807) is 48.4 Å². The maximum Gasteiger partial charge on any atom is 0.247 e. The fourth-order valence-electron chi connectivity index (χ4n) is 4.32. The molecule has 0 saturated heterocycles. The summed E-state index contributed by atoms with van der Waals surface area (Å²) >= 11 is 6.03. The summed E-state index contributed by atoms with van der Waals surface area (Å²) in [6.45, 7) is 0.530. The number of carbonyl (C=O) groups excluding carboxylic acids is 2. The van der Waals surface area contributed by atoms with Gasteiger partial charge >= 0.3 is 0 Å². The quantitative estimate of drug-likeness (QED) is 0.246. The van der Waals surface area contributed by atoms with Crippen LogP contribution in [0.25, 0.3) is 0 Å². The zero-order valence-corrected chi connectivity index (χ0v) is 22.4. The maximum atomic E-state index is 13.8. The lowest BCUT2D eigenvalue weighted by Gasteiger charge is -2.32. The molecule has 0 aliphatic carbocycles. The maximum absolute atomic E-state index is 13.8. The molecular weight excluding hydrogens is 515 g/mol. The molecule has 0 unspecified atom stereocenters. The summed E-state index contributed by atoms with van der Waals surface area (Å²) in [6.07, 6.45) is 0.703. The number of nitrogens with zero attached hydrogens (tertiary/aromatic N) is 1. The summed E-state index contributed by atoms with van der Waals surface area (Å²) in [5.41, 5.74) is 3.23. The van der Waals surface area contributed by atoms with Crippen LogP contribution in [-0.2, 0) is 29.0 Å². The van der Waals surface area contributed by atoms with E-state index >= 15 is 0 Å². The molecule has 0 radical (unpaired) electrons. The Balaban J connectivity index is 1.59. The molecule has 2 amide bonds. The number of rotatable bonds is 11. The highest BCUT2D eigenvalue weighted by atomic mass is 35.5. The molecule has 200 valence electrons. The van der Waals surface area contributed by atoms with Crippen LogP contribution in [-0.4, -0.2) is 30.4 Å². The van der Waals surface area contributed by atoms with Gasteiger partial charge in [-0.3, -0.25) is 9.59 Å². The van der Waals surface area contributed by atoms with Crippen LogP contribution in [0.15, 0.2) is 103 Å². The van der Waals surface area contributed by atoms with Crippen LogP contribution in [0.5, 0.6) is 5.75 Å². The second-order valence-corrected chi connectivity index (χ2v) is 9.59. The summed E-state index contributed by atoms with van der Waals surface area (Å²) in [6, 6.07) is 29.0. The molecular formula is C32H30ClFN2O3. The molecule has 0 bridgehead atoms. The molecule has 4 aromatic rings. The molecule has 1 N–H and O–H groups in total. The lowest BCUT2D eigenvalue weighted by molar-refractivity contribution is -0.141. The fourth-order valence-corrected chi connectivity index (χ4v) is 4.44. The van der Waals surface area contributed by atoms with Crippen molar-refractivity contribution in [3.8, 4) is 5.75 Å². The first kappa shape index (κ1) is 27.9. The highest BCUT2D eigenvalue weighted by molar-refractivity contribution is 6.30. The molecule has 0 fully saturated rings. The largest absolute Gasteiger partial charge is 0.497 e. The van der Waals surface area contributed by atoms with Crippen LogP contribution >= 0.6 is 11.6 Å². The molecule has 4 aromatic carbocycles. The van der Waals surface area contributed by atoms with E-state index in [-0.39, 0.29) is 30.6 Å². The number of hydrogen-bond acceptors (Lipinski definition) is 3. The van der Waals surface area contributed by atoms with Gasteiger partial charge in [-0.15, -0.1) is 0 Å². The van der Waals surface area contributed by atoms with Crippen molar-refractivity contribution >= 4 is 23.4 Å². The lowest BCUT2D eigenvalue weighted by atomic mass is 10.0. The topological polar surface area (TPSA) is 58.6 Å². The van der Waals surface area contributed by atoms with Gasteiger partial charge < -0.3 is 15.0 Å². The Bertz CT molecular complexity index is 1360. The van der Waals surface area contributed by atoms with Crippen LogP contribution in [0.4, 0.5) is 4.39 Å². The van der Waals surface area contributed by atoms with E-state index in [9.17, 15) is 14.0 Å². The average molecular weight is 545 g/mol. The number of nitrogens with one attached hydrogen (secondary N) is 1. The van der Waals surface area contributed by atoms with Crippen LogP contribution in [0.2, 0.25) is 5.02 Å². The normalized spacial score (nSPS) is 11.5. The van der Waals surface area contributed by atoms with Gasteiger partial charge in [0.2, 0.25) is 11.8 Å². The van der Waals surface area contributed by atoms with Gasteiger partial charge in [0.1, 0.15) is 17.6 Å². The first-order valence-electron chi connectivity index (χ1n) is 12.7. The van der Waals surface area contributed by atoms with E-state index in [4.69, 9.17) is 16.3 Å². The standard InChI is InChI=1S/C32H30ClFN2O3/c1-39-29-17-11-23(12-18-29)19-20-35-32(38)31(26-5-3-2-4-6-26)36(22-25-9-15-28(34)16-10-25)30(37)21-24-7-13-27(33)14-8-24/h2-18,31H,19-22H2,1H3,(H,35,38)/t31-/m0/s1. The Hall–Kier alpha value is -4.16. The third-order valence-electron chi connectivity index (χ3n) is 6.40. The van der Waals surface area contributed by atoms with Crippen molar-refractivity contribution in [2.45, 2.75) is 25.4 Å². The van der Waals surface area contributed by atoms with Gasteiger partial charge in [-0.05, 0) is 65.1 Å². The van der Waals surface area contributed by atoms with Crippen molar-refractivity contribution < 1.29 is 18.7 Å². The van der Waals surface area contributed by atoms with Gasteiger partial charge in [-0.25, -0.2) is 4.39 Å². The summed E-state index contributed by atoms with van der Waals surface area (Å²) in [7, 11) is 1.62. The van der Waals surface area contributed by atoms with Gasteiger partial charge in [0.05, 0.1) is 13.5 Å². The number of hydrogen-bond donors (Lipinski definition) is 1. The molecule has 0 spiro atoms. The third-order valence-corrected chi connectivity index (χ3v) is 6.65. The molecule has 0 aliphatic heterocycles. The van der Waals surface area contributed by atoms with E-state index < -0.39 is 6.04 Å². The monoisotopic (exact) mass is 544 g/mol. The molecule has 0 heterocycles. The van der Waals surface area contributed by atoms with Crippen molar-refractivity contribution in [1.29, 1.82) is 0 Å². The first-order valence-corrected chi connectivity index (χ1v) is 13.0. The minimum absolute atomic E-state index is 0.0842. The molecule has 5 nitrogen and oxygen atoms in total. The molecule has 0 aliphatic rings. The number of amides is 2. The zero-order valence-electron chi connectivity index (χ0n) is 21.6. The Morgan fingerprint density at radius 3 is 2.10 bits per heavy atom. The lowest BCUT2D eigenvalue weighted by Crippen LogP contribution is -2.44. The minimum atomic E-state index is -0.882. The van der Waals surface area contributed by atoms with Gasteiger partial charge in [-0.1, -0.05) is 78.3 Å². The first-order chi connectivity index (χ1) is 18.9. The summed E-state index contributed by atoms with van der Waals surface area (Å²) in [5, 5.41) is 3.60. The highest BCUT2D eigenvalue weighted by Crippen LogP contribution is 2.25. The van der Waals surface area contributed by atoms with Crippen molar-refractivity contribution in [2.24, 2.45) is 0 Å². The number of benzene rings is 4. The Morgan fingerprint density at radius 2 is 1.46 bits per heavy atom. The minimum Gasteiger partial charge on any atom is -0.497 e. The number of methoxy groups -OCH3 is 1. The summed E-state index contributed by atoms with van der Waals surface area (Å²) in [5.74, 6) is -0.127. The van der Waals surface area contributed by atoms with Crippen molar-refractivity contribution in [2.75, 3.05) is 13.7 Å². The van der Waals surface area contributed by atoms with Crippen LogP contribution in [0.1, 0.15) is 28.3 Å². The van der Waals surface area contributed by atoms with Gasteiger partial charge in [0, 0.05) is 18.1 Å². The summed E-state index contributed by atoms with van der Waals surface area (Å²) in [4.78, 5) is 29.0. The number of ether oxygens (including phenoxy) is 1. The average Bonchev–Trinajstić information content (AvgIpc) is 2.96. The van der Waals surface area contributed by atoms with E-state index in [1.165, 1.54) is 12.1 Å². The Morgan fingerprint density at radius 1 is 0.846 bits per heavy atom. The van der Waals surface area contributed by atoms with Crippen LogP contribution in [0.3, 0.4) is 0 Å². The highest BCUT2D eigenvalue weighted by Gasteiger charge is 2.31. The molecule has 7 heteroatoms. The number of halogens is 2. The molecule has 4 rings (SSSR count). The smallest absolute Gasteiger partial charge is 0.247 e. The van der Waals surface area contributed by atoms with Gasteiger partial charge in [0.15, 0.2) is 0 Å². The predicted octanol–water partition coefficient (Wildman–Crippen LogP) is 6.16. The van der Waals surface area contributed by atoms with Gasteiger partial charge in [0.25, 0.3) is 0 Å². The van der Waals surface area contributed by atoms with E-state index in [0.717, 1.165) is 16.9 Å². The Labute approximate surface area is 233 Å². The van der Waals surface area contributed by atoms with E-state index in [0.29, 0.717) is 29.1 Å². The second-order valence-electron chi connectivity index (χ2n) is 9.15. The molecule has 0 saturated carbocycles. The fraction of sp³-hybridized carbons (Fsp3) is 0.188. The SMILES string of the molecule is COc1ccc(CCNC(=O)[C@H](c2ccccc2)N(Cc2ccc(F)cc2)C(=O)Cc2ccc(Cl)cc2)cc1. The molecule has 0 aromatic heterocycles.